The number of amides is 2. The zero-order chi connectivity index (χ0) is 30.6. The lowest BCUT2D eigenvalue weighted by Gasteiger charge is -2.36. The largest absolute Gasteiger partial charge is 0.451 e. The summed E-state index contributed by atoms with van der Waals surface area (Å²) in [4.78, 5) is 44.9. The number of esters is 1. The maximum absolute atomic E-state index is 14.4. The second-order valence-corrected chi connectivity index (χ2v) is 11.0. The van der Waals surface area contributed by atoms with Crippen LogP contribution in [0.2, 0.25) is 0 Å². The first-order valence-corrected chi connectivity index (χ1v) is 14.2. The van der Waals surface area contributed by atoms with Crippen molar-refractivity contribution in [3.8, 4) is 0 Å². The summed E-state index contributed by atoms with van der Waals surface area (Å²) in [5.41, 5.74) is 1.17. The first-order chi connectivity index (χ1) is 21.3. The number of halogens is 3. The molecule has 9 heteroatoms. The number of ether oxygens (including phenoxy) is 1. The summed E-state index contributed by atoms with van der Waals surface area (Å²) < 4.78 is 48.2. The lowest BCUT2D eigenvalue weighted by Crippen LogP contribution is -2.49. The Morgan fingerprint density at radius 2 is 1.25 bits per heavy atom. The Morgan fingerprint density at radius 1 is 0.705 bits per heavy atom. The van der Waals surface area contributed by atoms with E-state index in [1.165, 1.54) is 12.1 Å². The molecule has 0 radical (unpaired) electrons. The van der Waals surface area contributed by atoms with E-state index >= 15 is 0 Å². The lowest BCUT2D eigenvalue weighted by atomic mass is 9.88. The highest BCUT2D eigenvalue weighted by Crippen LogP contribution is 2.51. The number of hydrogen-bond donors (Lipinski definition) is 0. The molecule has 0 aromatic heterocycles. The molecule has 6 nitrogen and oxygen atoms in total. The van der Waals surface area contributed by atoms with Crippen LogP contribution in [-0.4, -0.2) is 29.9 Å². The van der Waals surface area contributed by atoms with Crippen molar-refractivity contribution in [1.29, 1.82) is 0 Å². The van der Waals surface area contributed by atoms with Gasteiger partial charge in [-0.2, -0.15) is 13.2 Å². The average Bonchev–Trinajstić information content (AvgIpc) is 3.52. The molecular formula is C35H25F3N2O4. The van der Waals surface area contributed by atoms with E-state index in [9.17, 15) is 27.6 Å². The van der Waals surface area contributed by atoms with Crippen molar-refractivity contribution < 1.29 is 32.3 Å². The number of rotatable bonds is 5. The smallest absolute Gasteiger partial charge is 0.418 e. The van der Waals surface area contributed by atoms with Crippen molar-refractivity contribution in [1.82, 2.24) is 0 Å². The van der Waals surface area contributed by atoms with E-state index in [4.69, 9.17) is 4.74 Å². The SMILES string of the molecule is O=C(OC(c1ccccc1)c1ccccc1)C1C2C(=O)N(c3ccccc3C(F)(F)F)C(=O)C2C2C=Cc3ccccc3N21. The zero-order valence-electron chi connectivity index (χ0n) is 23.1. The summed E-state index contributed by atoms with van der Waals surface area (Å²) in [5.74, 6) is -4.77. The second kappa shape index (κ2) is 10.5. The topological polar surface area (TPSA) is 66.9 Å². The number of imide groups is 1. The number of benzene rings is 4. The molecule has 4 unspecified atom stereocenters. The molecule has 2 fully saturated rings. The quantitative estimate of drug-likeness (QED) is 0.197. The summed E-state index contributed by atoms with van der Waals surface area (Å²) in [6.45, 7) is 0. The van der Waals surface area contributed by atoms with Crippen LogP contribution in [0.1, 0.15) is 28.4 Å². The summed E-state index contributed by atoms with van der Waals surface area (Å²) in [7, 11) is 0. The van der Waals surface area contributed by atoms with E-state index in [0.29, 0.717) is 21.7 Å². The van der Waals surface area contributed by atoms with Crippen LogP contribution in [0.15, 0.2) is 115 Å². The van der Waals surface area contributed by atoms with Crippen molar-refractivity contribution in [2.45, 2.75) is 24.4 Å². The maximum atomic E-state index is 14.4. The van der Waals surface area contributed by atoms with Gasteiger partial charge >= 0.3 is 12.1 Å². The van der Waals surface area contributed by atoms with Crippen LogP contribution in [0.25, 0.3) is 6.08 Å². The van der Waals surface area contributed by atoms with Gasteiger partial charge in [0.05, 0.1) is 29.1 Å². The molecule has 0 saturated carbocycles. The second-order valence-electron chi connectivity index (χ2n) is 11.0. The normalized spacial score (nSPS) is 22.2. The van der Waals surface area contributed by atoms with E-state index in [1.54, 1.807) is 23.1 Å². The van der Waals surface area contributed by atoms with Crippen molar-refractivity contribution in [2.24, 2.45) is 11.8 Å². The number of carbonyl (C=O) groups excluding carboxylic acids is 3. The third kappa shape index (κ3) is 4.38. The minimum absolute atomic E-state index is 0.547. The van der Waals surface area contributed by atoms with Gasteiger partial charge in [-0.3, -0.25) is 9.59 Å². The molecule has 3 aliphatic heterocycles. The Bertz CT molecular complexity index is 1750. The van der Waals surface area contributed by atoms with Gasteiger partial charge in [0.15, 0.2) is 6.10 Å². The number of alkyl halides is 3. The third-order valence-corrected chi connectivity index (χ3v) is 8.55. The lowest BCUT2D eigenvalue weighted by molar-refractivity contribution is -0.151. The van der Waals surface area contributed by atoms with Crippen molar-refractivity contribution in [3.63, 3.8) is 0 Å². The van der Waals surface area contributed by atoms with Crippen LogP contribution in [-0.2, 0) is 25.3 Å². The first kappa shape index (κ1) is 27.6. The molecule has 3 aliphatic rings. The Morgan fingerprint density at radius 3 is 1.89 bits per heavy atom. The molecule has 0 bridgehead atoms. The van der Waals surface area contributed by atoms with E-state index in [2.05, 4.69) is 0 Å². The third-order valence-electron chi connectivity index (χ3n) is 8.55. The fraction of sp³-hybridized carbons (Fsp3) is 0.171. The van der Waals surface area contributed by atoms with E-state index < -0.39 is 65.2 Å². The minimum Gasteiger partial charge on any atom is -0.451 e. The predicted octanol–water partition coefficient (Wildman–Crippen LogP) is 6.43. The first-order valence-electron chi connectivity index (χ1n) is 14.2. The van der Waals surface area contributed by atoms with Crippen molar-refractivity contribution in [2.75, 3.05) is 9.80 Å². The highest BCUT2D eigenvalue weighted by atomic mass is 19.4. The minimum atomic E-state index is -4.80. The molecule has 2 saturated heterocycles. The maximum Gasteiger partial charge on any atom is 0.418 e. The number of nitrogens with zero attached hydrogens (tertiary/aromatic N) is 2. The fourth-order valence-electron chi connectivity index (χ4n) is 6.70. The molecule has 2 amide bonds. The van der Waals surface area contributed by atoms with Crippen LogP contribution >= 0.6 is 0 Å². The molecule has 44 heavy (non-hydrogen) atoms. The molecule has 220 valence electrons. The summed E-state index contributed by atoms with van der Waals surface area (Å²) in [5, 5.41) is 0. The molecule has 7 rings (SSSR count). The Labute approximate surface area is 251 Å². The van der Waals surface area contributed by atoms with Crippen molar-refractivity contribution >= 4 is 35.2 Å². The molecule has 0 N–H and O–H groups in total. The molecular weight excluding hydrogens is 569 g/mol. The average molecular weight is 595 g/mol. The molecule has 4 aromatic rings. The van der Waals surface area contributed by atoms with Gasteiger partial charge in [-0.05, 0) is 34.9 Å². The van der Waals surface area contributed by atoms with Gasteiger partial charge in [0, 0.05) is 5.69 Å². The fourth-order valence-corrected chi connectivity index (χ4v) is 6.70. The van der Waals surface area contributed by atoms with Gasteiger partial charge in [-0.1, -0.05) is 103 Å². The summed E-state index contributed by atoms with van der Waals surface area (Å²) >= 11 is 0. The number of carbonyl (C=O) groups is 3. The van der Waals surface area contributed by atoms with Gasteiger partial charge in [-0.25, -0.2) is 9.69 Å². The summed E-state index contributed by atoms with van der Waals surface area (Å²) in [6, 6.07) is 28.0. The van der Waals surface area contributed by atoms with Crippen LogP contribution in [0.5, 0.6) is 0 Å². The molecule has 4 aromatic carbocycles. The zero-order valence-corrected chi connectivity index (χ0v) is 23.1. The Kier molecular flexibility index (Phi) is 6.61. The van der Waals surface area contributed by atoms with Gasteiger partial charge in [0.1, 0.15) is 6.04 Å². The van der Waals surface area contributed by atoms with Crippen LogP contribution in [0, 0.1) is 11.8 Å². The van der Waals surface area contributed by atoms with Gasteiger partial charge in [-0.15, -0.1) is 0 Å². The van der Waals surface area contributed by atoms with Gasteiger partial charge < -0.3 is 9.64 Å². The predicted molar refractivity (Wildman–Crippen MR) is 157 cm³/mol. The molecule has 0 aliphatic carbocycles. The Balaban J connectivity index is 1.33. The highest BCUT2D eigenvalue weighted by Gasteiger charge is 2.65. The van der Waals surface area contributed by atoms with Crippen LogP contribution in [0.4, 0.5) is 24.5 Å². The monoisotopic (exact) mass is 594 g/mol. The van der Waals surface area contributed by atoms with Gasteiger partial charge in [0.25, 0.3) is 0 Å². The van der Waals surface area contributed by atoms with Gasteiger partial charge in [0.2, 0.25) is 11.8 Å². The number of fused-ring (bicyclic) bond motifs is 5. The van der Waals surface area contributed by atoms with E-state index in [0.717, 1.165) is 17.7 Å². The van der Waals surface area contributed by atoms with Crippen LogP contribution in [0.3, 0.4) is 0 Å². The van der Waals surface area contributed by atoms with E-state index in [-0.39, 0.29) is 0 Å². The number of hydrogen-bond acceptors (Lipinski definition) is 5. The number of para-hydroxylation sites is 2. The van der Waals surface area contributed by atoms with E-state index in [1.807, 2.05) is 78.9 Å². The molecule has 0 spiro atoms. The summed E-state index contributed by atoms with van der Waals surface area (Å²) in [6.07, 6.45) is -2.08. The standard InChI is InChI=1S/C35H25F3N2O4/c36-35(37,38)24-16-8-10-18-26(24)40-32(41)28-27-20-19-21-11-7-9-17-25(21)39(27)30(29(28)33(40)42)34(43)44-31(22-12-3-1-4-13-22)23-14-5-2-6-15-23/h1-20,27-31H. The van der Waals surface area contributed by atoms with Crippen molar-refractivity contribution in [3.05, 3.63) is 138 Å². The van der Waals surface area contributed by atoms with Crippen LogP contribution < -0.4 is 9.80 Å². The molecule has 4 atom stereocenters. The highest BCUT2D eigenvalue weighted by molar-refractivity contribution is 6.25. The Hall–Kier alpha value is -5.18. The molecule has 3 heterocycles. The number of anilines is 2.